The van der Waals surface area contributed by atoms with Crippen LogP contribution in [0.3, 0.4) is 0 Å². The van der Waals surface area contributed by atoms with Crippen LogP contribution >= 0.6 is 0 Å². The zero-order valence-corrected chi connectivity index (χ0v) is 19.4. The zero-order chi connectivity index (χ0) is 25.9. The molecule has 198 valence electrons. The minimum Gasteiger partial charge on any atom is -0.493 e. The zero-order valence-electron chi connectivity index (χ0n) is 19.4. The van der Waals surface area contributed by atoms with Crippen molar-refractivity contribution in [2.24, 2.45) is 17.8 Å². The number of piperidine rings is 1. The minimum atomic E-state index is -5.53. The molecule has 1 amide bonds. The van der Waals surface area contributed by atoms with Gasteiger partial charge in [-0.05, 0) is 68.7 Å². The van der Waals surface area contributed by atoms with E-state index in [1.54, 1.807) is 0 Å². The first-order chi connectivity index (χ1) is 17.0. The number of benzene rings is 1. The molecule has 1 aromatic heterocycles. The first-order valence-electron chi connectivity index (χ1n) is 11.8. The van der Waals surface area contributed by atoms with Crippen LogP contribution in [0, 0.1) is 23.6 Å². The van der Waals surface area contributed by atoms with Gasteiger partial charge < -0.3 is 14.6 Å². The highest BCUT2D eigenvalue weighted by molar-refractivity contribution is 5.94. The summed E-state index contributed by atoms with van der Waals surface area (Å²) in [5, 5.41) is 6.10. The number of nitrogens with one attached hydrogen (secondary N) is 1. The van der Waals surface area contributed by atoms with Crippen molar-refractivity contribution in [2.45, 2.75) is 44.3 Å². The predicted molar refractivity (Wildman–Crippen MR) is 116 cm³/mol. The van der Waals surface area contributed by atoms with E-state index in [1.165, 1.54) is 29.5 Å². The summed E-state index contributed by atoms with van der Waals surface area (Å²) in [6.07, 6.45) is 0.191. The van der Waals surface area contributed by atoms with Gasteiger partial charge in [-0.2, -0.15) is 22.0 Å². The normalized spacial score (nSPS) is 21.4. The molecule has 2 aromatic rings. The van der Waals surface area contributed by atoms with E-state index in [-0.39, 0.29) is 25.2 Å². The lowest BCUT2D eigenvalue weighted by Crippen LogP contribution is -2.49. The fraction of sp³-hybridized carbons (Fsp3) is 0.583. The summed E-state index contributed by atoms with van der Waals surface area (Å²) < 4.78 is 88.5. The van der Waals surface area contributed by atoms with Crippen LogP contribution in [0.15, 0.2) is 35.2 Å². The van der Waals surface area contributed by atoms with Crippen molar-refractivity contribution in [2.75, 3.05) is 26.2 Å². The summed E-state index contributed by atoms with van der Waals surface area (Å²) in [5.41, 5.74) is 0.538. The Morgan fingerprint density at radius 3 is 2.58 bits per heavy atom. The quantitative estimate of drug-likeness (QED) is 0.445. The van der Waals surface area contributed by atoms with E-state index >= 15 is 0 Å². The summed E-state index contributed by atoms with van der Waals surface area (Å²) >= 11 is 0. The van der Waals surface area contributed by atoms with Gasteiger partial charge in [-0.25, -0.2) is 4.39 Å². The van der Waals surface area contributed by atoms with Crippen molar-refractivity contribution in [3.63, 3.8) is 0 Å². The van der Waals surface area contributed by atoms with Gasteiger partial charge >= 0.3 is 12.1 Å². The van der Waals surface area contributed by atoms with Crippen LogP contribution < -0.4 is 10.1 Å². The van der Waals surface area contributed by atoms with E-state index in [9.17, 15) is 31.1 Å². The van der Waals surface area contributed by atoms with Gasteiger partial charge in [0.2, 0.25) is 0 Å². The Morgan fingerprint density at radius 1 is 1.19 bits per heavy atom. The first kappa shape index (κ1) is 26.3. The molecule has 0 bridgehead atoms. The molecule has 12 heteroatoms. The van der Waals surface area contributed by atoms with Gasteiger partial charge in [0.25, 0.3) is 5.91 Å². The van der Waals surface area contributed by atoms with Crippen molar-refractivity contribution >= 4 is 5.91 Å². The molecule has 0 spiro atoms. The Labute approximate surface area is 203 Å². The first-order valence-corrected chi connectivity index (χ1v) is 11.8. The molecule has 6 nitrogen and oxygen atoms in total. The van der Waals surface area contributed by atoms with Crippen molar-refractivity contribution in [1.82, 2.24) is 15.4 Å². The molecule has 4 rings (SSSR count). The topological polar surface area (TPSA) is 67.6 Å². The summed E-state index contributed by atoms with van der Waals surface area (Å²) in [6, 6.07) is 4.03. The van der Waals surface area contributed by atoms with Gasteiger partial charge in [0.05, 0.1) is 24.9 Å². The van der Waals surface area contributed by atoms with Crippen molar-refractivity contribution in [1.29, 1.82) is 0 Å². The second-order valence-corrected chi connectivity index (χ2v) is 9.47. The molecular weight excluding hydrogens is 492 g/mol. The van der Waals surface area contributed by atoms with E-state index < -0.39 is 30.4 Å². The van der Waals surface area contributed by atoms with Crippen molar-refractivity contribution in [3.05, 3.63) is 47.6 Å². The molecule has 1 saturated carbocycles. The van der Waals surface area contributed by atoms with Crippen molar-refractivity contribution in [3.8, 4) is 5.75 Å². The van der Waals surface area contributed by atoms with Crippen LogP contribution in [0.1, 0.15) is 41.6 Å². The molecule has 2 fully saturated rings. The Hall–Kier alpha value is -2.76. The van der Waals surface area contributed by atoms with Crippen LogP contribution in [0.4, 0.5) is 26.3 Å². The number of hydrogen-bond acceptors (Lipinski definition) is 5. The van der Waals surface area contributed by atoms with Crippen LogP contribution in [0.2, 0.25) is 0 Å². The molecule has 0 radical (unpaired) electrons. The van der Waals surface area contributed by atoms with Gasteiger partial charge in [-0.15, -0.1) is 0 Å². The SMILES string of the molecule is O=C(NCc1cnoc1)c1ccc(OCCC2CC2C2CCN(CC(F)(F)C(F)(F)F)CC2)cc1F. The maximum absolute atomic E-state index is 14.4. The number of likely N-dealkylation sites (tertiary alicyclic amines) is 1. The second-order valence-electron chi connectivity index (χ2n) is 9.47. The number of aromatic nitrogens is 1. The van der Waals surface area contributed by atoms with Crippen LogP contribution in [-0.2, 0) is 6.54 Å². The highest BCUT2D eigenvalue weighted by atomic mass is 19.4. The molecular formula is C24H27F6N3O3. The maximum atomic E-state index is 14.4. The molecule has 1 aromatic carbocycles. The van der Waals surface area contributed by atoms with E-state index in [0.717, 1.165) is 18.9 Å². The van der Waals surface area contributed by atoms with Gasteiger partial charge in [-0.1, -0.05) is 5.16 Å². The molecule has 2 unspecified atom stereocenters. The number of rotatable bonds is 10. The Bertz CT molecular complexity index is 1020. The molecule has 1 saturated heterocycles. The monoisotopic (exact) mass is 519 g/mol. The summed E-state index contributed by atoms with van der Waals surface area (Å²) in [4.78, 5) is 13.4. The third-order valence-electron chi connectivity index (χ3n) is 6.93. The maximum Gasteiger partial charge on any atom is 0.454 e. The molecule has 1 aliphatic heterocycles. The van der Waals surface area contributed by atoms with E-state index in [1.807, 2.05) is 0 Å². The second kappa shape index (κ2) is 10.7. The molecule has 36 heavy (non-hydrogen) atoms. The van der Waals surface area contributed by atoms with E-state index in [2.05, 4.69) is 15.0 Å². The minimum absolute atomic E-state index is 0.111. The fourth-order valence-corrected chi connectivity index (χ4v) is 4.78. The van der Waals surface area contributed by atoms with Crippen molar-refractivity contribution < 1.29 is 40.4 Å². The predicted octanol–water partition coefficient (Wildman–Crippen LogP) is 5.06. The number of halogens is 6. The third kappa shape index (κ3) is 6.51. The number of ether oxygens (including phenoxy) is 1. The van der Waals surface area contributed by atoms with Gasteiger partial charge in [0, 0.05) is 18.2 Å². The van der Waals surface area contributed by atoms with Gasteiger partial charge in [0.15, 0.2) is 0 Å². The molecule has 1 N–H and O–H groups in total. The van der Waals surface area contributed by atoms with Crippen LogP contribution in [0.5, 0.6) is 5.75 Å². The van der Waals surface area contributed by atoms with Gasteiger partial charge in [-0.3, -0.25) is 9.69 Å². The lowest BCUT2D eigenvalue weighted by Gasteiger charge is -2.34. The van der Waals surface area contributed by atoms with E-state index in [0.29, 0.717) is 48.5 Å². The molecule has 2 atom stereocenters. The Kier molecular flexibility index (Phi) is 7.82. The number of nitrogens with zero attached hydrogens (tertiary/aromatic N) is 2. The molecule has 1 aliphatic carbocycles. The average molecular weight is 519 g/mol. The number of hydrogen-bond donors (Lipinski definition) is 1. The Morgan fingerprint density at radius 2 is 1.94 bits per heavy atom. The molecule has 2 aliphatic rings. The third-order valence-corrected chi connectivity index (χ3v) is 6.93. The highest BCUT2D eigenvalue weighted by Crippen LogP contribution is 2.50. The number of alkyl halides is 5. The summed E-state index contributed by atoms with van der Waals surface area (Å²) in [5.74, 6) is -4.56. The lowest BCUT2D eigenvalue weighted by atomic mass is 9.90. The van der Waals surface area contributed by atoms with Crippen LogP contribution in [-0.4, -0.2) is 54.3 Å². The largest absolute Gasteiger partial charge is 0.493 e. The Balaban J connectivity index is 1.15. The average Bonchev–Trinajstić information content (AvgIpc) is 3.38. The van der Waals surface area contributed by atoms with E-state index in [4.69, 9.17) is 4.74 Å². The lowest BCUT2D eigenvalue weighted by molar-refractivity contribution is -0.287. The number of carbonyl (C=O) groups excluding carboxylic acids is 1. The highest BCUT2D eigenvalue weighted by Gasteiger charge is 2.58. The molecule has 2 heterocycles. The number of amides is 1. The number of carbonyl (C=O) groups is 1. The van der Waals surface area contributed by atoms with Crippen LogP contribution in [0.25, 0.3) is 0 Å². The summed E-state index contributed by atoms with van der Waals surface area (Å²) in [6.45, 7) is -0.315. The van der Waals surface area contributed by atoms with Gasteiger partial charge in [0.1, 0.15) is 17.8 Å². The fourth-order valence-electron chi connectivity index (χ4n) is 4.78. The summed E-state index contributed by atoms with van der Waals surface area (Å²) in [7, 11) is 0. The standard InChI is InChI=1S/C24H27F6N3O3/c25-21-10-18(1-2-19(21)22(34)31-11-15-12-32-36-13-15)35-8-5-17-9-20(17)16-3-6-33(7-4-16)14-23(26,27)24(28,29)30/h1-2,10,12-13,16-17,20H,3-9,11,14H2,(H,31,34). The smallest absolute Gasteiger partial charge is 0.454 e.